The second kappa shape index (κ2) is 5.96. The Hall–Kier alpha value is -0.160. The molecular weight excluding hydrogens is 204 g/mol. The molecule has 0 saturated heterocycles. The Kier molecular flexibility index (Phi) is 5.18. The van der Waals surface area contributed by atoms with E-state index < -0.39 is 0 Å². The number of aliphatic hydroxyl groups is 2. The van der Waals surface area contributed by atoms with Gasteiger partial charge in [-0.25, -0.2) is 0 Å². The molecule has 16 heavy (non-hydrogen) atoms. The van der Waals surface area contributed by atoms with Crippen molar-refractivity contribution in [3.8, 4) is 0 Å². The summed E-state index contributed by atoms with van der Waals surface area (Å²) in [6.45, 7) is 6.89. The molecule has 0 spiro atoms. The molecule has 2 atom stereocenters. The molecule has 0 amide bonds. The van der Waals surface area contributed by atoms with Crippen molar-refractivity contribution in [2.24, 2.45) is 17.1 Å². The maximum absolute atomic E-state index is 8.95. The molecule has 1 fully saturated rings. The number of hydrogen-bond acceptors (Lipinski definition) is 4. The molecule has 1 saturated carbocycles. The van der Waals surface area contributed by atoms with Crippen molar-refractivity contribution in [3.63, 3.8) is 0 Å². The molecule has 0 aromatic heterocycles. The molecule has 96 valence electrons. The Morgan fingerprint density at radius 2 is 1.81 bits per heavy atom. The number of nitrogens with two attached hydrogens (primary N) is 1. The molecule has 4 heteroatoms. The van der Waals surface area contributed by atoms with Gasteiger partial charge in [-0.1, -0.05) is 13.8 Å². The van der Waals surface area contributed by atoms with E-state index in [0.717, 1.165) is 13.0 Å². The minimum Gasteiger partial charge on any atom is -0.395 e. The van der Waals surface area contributed by atoms with Crippen molar-refractivity contribution in [2.75, 3.05) is 32.8 Å². The zero-order valence-electron chi connectivity index (χ0n) is 10.5. The molecule has 1 rings (SSSR count). The summed E-state index contributed by atoms with van der Waals surface area (Å²) in [4.78, 5) is 2.10. The van der Waals surface area contributed by atoms with E-state index in [9.17, 15) is 0 Å². The molecule has 0 aliphatic heterocycles. The lowest BCUT2D eigenvalue weighted by atomic mass is 9.85. The maximum Gasteiger partial charge on any atom is 0.0558 e. The molecule has 0 aromatic carbocycles. The van der Waals surface area contributed by atoms with E-state index in [1.165, 1.54) is 6.42 Å². The molecule has 4 nitrogen and oxygen atoms in total. The highest BCUT2D eigenvalue weighted by molar-refractivity contribution is 4.95. The third-order valence-electron chi connectivity index (χ3n) is 3.89. The van der Waals surface area contributed by atoms with E-state index in [-0.39, 0.29) is 24.7 Å². The van der Waals surface area contributed by atoms with Crippen LogP contribution in [0.1, 0.15) is 26.7 Å². The number of nitrogens with zero attached hydrogens (tertiary/aromatic N) is 1. The predicted molar refractivity (Wildman–Crippen MR) is 65.1 cm³/mol. The summed E-state index contributed by atoms with van der Waals surface area (Å²) >= 11 is 0. The van der Waals surface area contributed by atoms with Gasteiger partial charge in [0.15, 0.2) is 0 Å². The van der Waals surface area contributed by atoms with E-state index in [2.05, 4.69) is 18.7 Å². The van der Waals surface area contributed by atoms with Crippen molar-refractivity contribution < 1.29 is 10.2 Å². The lowest BCUT2D eigenvalue weighted by molar-refractivity contribution is 0.137. The quantitative estimate of drug-likeness (QED) is 0.602. The van der Waals surface area contributed by atoms with Crippen molar-refractivity contribution in [1.82, 2.24) is 4.90 Å². The largest absolute Gasteiger partial charge is 0.395 e. The number of aliphatic hydroxyl groups excluding tert-OH is 2. The van der Waals surface area contributed by atoms with Crippen LogP contribution in [0.5, 0.6) is 0 Å². The first kappa shape index (κ1) is 13.9. The van der Waals surface area contributed by atoms with Gasteiger partial charge in [0.25, 0.3) is 0 Å². The van der Waals surface area contributed by atoms with Crippen molar-refractivity contribution in [3.05, 3.63) is 0 Å². The first-order valence-electron chi connectivity index (χ1n) is 6.21. The van der Waals surface area contributed by atoms with Crippen LogP contribution in [0, 0.1) is 11.3 Å². The minimum absolute atomic E-state index is 0.144. The van der Waals surface area contributed by atoms with Crippen LogP contribution >= 0.6 is 0 Å². The summed E-state index contributed by atoms with van der Waals surface area (Å²) in [5.41, 5.74) is 6.48. The predicted octanol–water partition coefficient (Wildman–Crippen LogP) is 0.0365. The third-order valence-corrected chi connectivity index (χ3v) is 3.89. The fourth-order valence-electron chi connectivity index (χ4n) is 2.66. The summed E-state index contributed by atoms with van der Waals surface area (Å²) < 4.78 is 0. The third kappa shape index (κ3) is 3.42. The maximum atomic E-state index is 8.95. The standard InChI is InChI=1S/C12H26N2O2/c1-12(2)4-3-10(11(12)13)9-14(5-7-15)6-8-16/h10-11,15-16H,3-9,13H2,1-2H3. The van der Waals surface area contributed by atoms with Crippen molar-refractivity contribution in [2.45, 2.75) is 32.7 Å². The topological polar surface area (TPSA) is 69.7 Å². The van der Waals surface area contributed by atoms with Gasteiger partial charge in [0.1, 0.15) is 0 Å². The minimum atomic E-state index is 0.144. The molecule has 0 bridgehead atoms. The zero-order chi connectivity index (χ0) is 12.2. The molecule has 4 N–H and O–H groups in total. The van der Waals surface area contributed by atoms with Crippen molar-refractivity contribution in [1.29, 1.82) is 0 Å². The van der Waals surface area contributed by atoms with Gasteiger partial charge in [-0.15, -0.1) is 0 Å². The van der Waals surface area contributed by atoms with Crippen LogP contribution < -0.4 is 5.73 Å². The monoisotopic (exact) mass is 230 g/mol. The molecule has 0 aromatic rings. The number of hydrogen-bond donors (Lipinski definition) is 3. The van der Waals surface area contributed by atoms with Crippen LogP contribution in [-0.4, -0.2) is 54.0 Å². The fourth-order valence-corrected chi connectivity index (χ4v) is 2.66. The van der Waals surface area contributed by atoms with Crippen LogP contribution in [0.3, 0.4) is 0 Å². The summed E-state index contributed by atoms with van der Waals surface area (Å²) in [5, 5.41) is 17.9. The van der Waals surface area contributed by atoms with Crippen LogP contribution in [0.25, 0.3) is 0 Å². The van der Waals surface area contributed by atoms with E-state index in [0.29, 0.717) is 19.0 Å². The van der Waals surface area contributed by atoms with Crippen LogP contribution in [0.4, 0.5) is 0 Å². The first-order chi connectivity index (χ1) is 7.51. The molecule has 1 aliphatic carbocycles. The second-order valence-corrected chi connectivity index (χ2v) is 5.56. The highest BCUT2D eigenvalue weighted by Gasteiger charge is 2.39. The van der Waals surface area contributed by atoms with Crippen molar-refractivity contribution >= 4 is 0 Å². The summed E-state index contributed by atoms with van der Waals surface area (Å²) in [6.07, 6.45) is 2.33. The molecular formula is C12H26N2O2. The molecule has 0 heterocycles. The average Bonchev–Trinajstić information content (AvgIpc) is 2.46. The smallest absolute Gasteiger partial charge is 0.0558 e. The average molecular weight is 230 g/mol. The first-order valence-corrected chi connectivity index (χ1v) is 6.21. The van der Waals surface area contributed by atoms with Crippen LogP contribution in [-0.2, 0) is 0 Å². The summed E-state index contributed by atoms with van der Waals surface area (Å²) in [7, 11) is 0. The summed E-state index contributed by atoms with van der Waals surface area (Å²) in [5.74, 6) is 0.494. The molecule has 2 unspecified atom stereocenters. The van der Waals surface area contributed by atoms with Gasteiger partial charge in [-0.05, 0) is 24.2 Å². The van der Waals surface area contributed by atoms with Gasteiger partial charge in [-0.2, -0.15) is 0 Å². The van der Waals surface area contributed by atoms with Gasteiger partial charge in [0.05, 0.1) is 13.2 Å². The fraction of sp³-hybridized carbons (Fsp3) is 1.00. The van der Waals surface area contributed by atoms with Gasteiger partial charge in [-0.3, -0.25) is 4.90 Å². The zero-order valence-corrected chi connectivity index (χ0v) is 10.5. The number of rotatable bonds is 6. The lowest BCUT2D eigenvalue weighted by Crippen LogP contribution is -2.43. The van der Waals surface area contributed by atoms with Gasteiger partial charge < -0.3 is 15.9 Å². The van der Waals surface area contributed by atoms with Gasteiger partial charge in [0, 0.05) is 25.7 Å². The Labute approximate surface area is 98.4 Å². The Balaban J connectivity index is 2.46. The van der Waals surface area contributed by atoms with E-state index in [1.54, 1.807) is 0 Å². The Morgan fingerprint density at radius 1 is 1.25 bits per heavy atom. The van der Waals surface area contributed by atoms with Crippen LogP contribution in [0.15, 0.2) is 0 Å². The SMILES string of the molecule is CC1(C)CCC(CN(CCO)CCO)C1N. The van der Waals surface area contributed by atoms with E-state index in [4.69, 9.17) is 15.9 Å². The molecule has 0 radical (unpaired) electrons. The molecule has 1 aliphatic rings. The van der Waals surface area contributed by atoms with E-state index in [1.807, 2.05) is 0 Å². The van der Waals surface area contributed by atoms with Gasteiger partial charge >= 0.3 is 0 Å². The highest BCUT2D eigenvalue weighted by atomic mass is 16.3. The normalized spacial score (nSPS) is 28.9. The summed E-state index contributed by atoms with van der Waals surface area (Å²) in [6, 6.07) is 0.229. The lowest BCUT2D eigenvalue weighted by Gasteiger charge is -2.30. The second-order valence-electron chi connectivity index (χ2n) is 5.56. The Morgan fingerprint density at radius 3 is 2.19 bits per heavy atom. The van der Waals surface area contributed by atoms with E-state index >= 15 is 0 Å². The van der Waals surface area contributed by atoms with Crippen LogP contribution in [0.2, 0.25) is 0 Å². The van der Waals surface area contributed by atoms with Gasteiger partial charge in [0.2, 0.25) is 0 Å². The highest BCUT2D eigenvalue weighted by Crippen LogP contribution is 2.40. The Bertz CT molecular complexity index is 203.